The summed E-state index contributed by atoms with van der Waals surface area (Å²) in [5.74, 6) is -0.346. The molecule has 0 atom stereocenters. The first-order valence-electron chi connectivity index (χ1n) is 6.75. The van der Waals surface area contributed by atoms with E-state index in [1.54, 1.807) is 12.1 Å². The molecule has 1 amide bonds. The van der Waals surface area contributed by atoms with Gasteiger partial charge in [0.15, 0.2) is 0 Å². The zero-order chi connectivity index (χ0) is 15.6. The third-order valence-corrected chi connectivity index (χ3v) is 4.70. The molecule has 1 aromatic carbocycles. The number of anilines is 1. The largest absolute Gasteiger partial charge is 0.472 e. The molecule has 1 saturated carbocycles. The van der Waals surface area contributed by atoms with Crippen LogP contribution in [0.15, 0.2) is 52.2 Å². The van der Waals surface area contributed by atoms with Crippen molar-refractivity contribution in [2.75, 3.05) is 5.43 Å². The molecule has 0 unspecified atom stereocenters. The zero-order valence-corrected chi connectivity index (χ0v) is 12.4. The predicted octanol–water partition coefficient (Wildman–Crippen LogP) is 1.48. The maximum atomic E-state index is 12.0. The predicted molar refractivity (Wildman–Crippen MR) is 79.6 cm³/mol. The van der Waals surface area contributed by atoms with Gasteiger partial charge in [0.2, 0.25) is 10.0 Å². The number of hydrogen-bond donors (Lipinski definition) is 3. The van der Waals surface area contributed by atoms with E-state index in [2.05, 4.69) is 15.6 Å². The molecule has 1 aliphatic carbocycles. The van der Waals surface area contributed by atoms with E-state index in [1.807, 2.05) is 0 Å². The summed E-state index contributed by atoms with van der Waals surface area (Å²) >= 11 is 0. The van der Waals surface area contributed by atoms with Crippen molar-refractivity contribution in [2.45, 2.75) is 23.8 Å². The van der Waals surface area contributed by atoms with Crippen molar-refractivity contribution in [3.05, 3.63) is 48.4 Å². The molecule has 22 heavy (non-hydrogen) atoms. The van der Waals surface area contributed by atoms with Crippen LogP contribution in [0, 0.1) is 0 Å². The summed E-state index contributed by atoms with van der Waals surface area (Å²) in [6.45, 7) is 0. The molecule has 1 fully saturated rings. The summed E-state index contributed by atoms with van der Waals surface area (Å²) in [6, 6.07) is 7.73. The lowest BCUT2D eigenvalue weighted by molar-refractivity contribution is 0.0962. The fraction of sp³-hybridized carbons (Fsp3) is 0.214. The van der Waals surface area contributed by atoms with E-state index >= 15 is 0 Å². The molecule has 0 radical (unpaired) electrons. The van der Waals surface area contributed by atoms with Gasteiger partial charge in [0.05, 0.1) is 22.4 Å². The molecule has 116 valence electrons. The van der Waals surface area contributed by atoms with Crippen LogP contribution in [0.2, 0.25) is 0 Å². The molecule has 0 bridgehead atoms. The third kappa shape index (κ3) is 3.46. The summed E-state index contributed by atoms with van der Waals surface area (Å²) in [5, 5.41) is 0. The van der Waals surface area contributed by atoms with E-state index in [-0.39, 0.29) is 16.8 Å². The molecule has 7 nitrogen and oxygen atoms in total. The quantitative estimate of drug-likeness (QED) is 0.700. The topological polar surface area (TPSA) is 100 Å². The van der Waals surface area contributed by atoms with Crippen LogP contribution < -0.4 is 15.6 Å². The number of sulfonamides is 1. The minimum Gasteiger partial charge on any atom is -0.472 e. The lowest BCUT2D eigenvalue weighted by Crippen LogP contribution is -2.29. The Morgan fingerprint density at radius 2 is 1.86 bits per heavy atom. The number of carbonyl (C=O) groups excluding carboxylic acids is 1. The Hall–Kier alpha value is -2.32. The van der Waals surface area contributed by atoms with Crippen molar-refractivity contribution in [1.82, 2.24) is 10.1 Å². The number of hydrogen-bond acceptors (Lipinski definition) is 5. The monoisotopic (exact) mass is 321 g/mol. The van der Waals surface area contributed by atoms with Gasteiger partial charge in [-0.1, -0.05) is 0 Å². The van der Waals surface area contributed by atoms with Gasteiger partial charge in [-0.15, -0.1) is 0 Å². The van der Waals surface area contributed by atoms with Crippen LogP contribution in [0.1, 0.15) is 23.2 Å². The number of hydrazine groups is 1. The fourth-order valence-corrected chi connectivity index (χ4v) is 3.11. The van der Waals surface area contributed by atoms with Gasteiger partial charge in [0.25, 0.3) is 5.91 Å². The van der Waals surface area contributed by atoms with E-state index in [0.29, 0.717) is 11.3 Å². The van der Waals surface area contributed by atoms with Gasteiger partial charge in [0.1, 0.15) is 6.26 Å². The summed E-state index contributed by atoms with van der Waals surface area (Å²) in [6.07, 6.45) is 4.51. The average Bonchev–Trinajstić information content (AvgIpc) is 3.14. The van der Waals surface area contributed by atoms with Crippen LogP contribution in [0.25, 0.3) is 0 Å². The van der Waals surface area contributed by atoms with Crippen molar-refractivity contribution >= 4 is 21.6 Å². The van der Waals surface area contributed by atoms with Crippen LogP contribution in [0.5, 0.6) is 0 Å². The molecule has 3 N–H and O–H groups in total. The minimum atomic E-state index is -3.46. The molecule has 1 heterocycles. The first-order chi connectivity index (χ1) is 10.5. The summed E-state index contributed by atoms with van der Waals surface area (Å²) in [4.78, 5) is 11.9. The number of benzene rings is 1. The SMILES string of the molecule is O=C(NNc1ccc(S(=O)(=O)NC2CC2)cc1)c1ccoc1. The highest BCUT2D eigenvalue weighted by molar-refractivity contribution is 7.89. The van der Waals surface area contributed by atoms with Gasteiger partial charge in [-0.25, -0.2) is 13.1 Å². The van der Waals surface area contributed by atoms with E-state index in [1.165, 1.54) is 30.7 Å². The number of carbonyl (C=O) groups is 1. The molecular weight excluding hydrogens is 306 g/mol. The van der Waals surface area contributed by atoms with Crippen molar-refractivity contribution in [3.63, 3.8) is 0 Å². The minimum absolute atomic E-state index is 0.0667. The molecule has 0 spiro atoms. The second-order valence-electron chi connectivity index (χ2n) is 5.01. The van der Waals surface area contributed by atoms with Crippen LogP contribution in [0.3, 0.4) is 0 Å². The highest BCUT2D eigenvalue weighted by atomic mass is 32.2. The lowest BCUT2D eigenvalue weighted by Gasteiger charge is -2.09. The first-order valence-corrected chi connectivity index (χ1v) is 8.24. The Bertz CT molecular complexity index is 750. The summed E-state index contributed by atoms with van der Waals surface area (Å²) in [5.41, 5.74) is 6.16. The van der Waals surface area contributed by atoms with E-state index in [9.17, 15) is 13.2 Å². The zero-order valence-electron chi connectivity index (χ0n) is 11.6. The van der Waals surface area contributed by atoms with E-state index < -0.39 is 10.0 Å². The fourth-order valence-electron chi connectivity index (χ4n) is 1.80. The third-order valence-electron chi connectivity index (χ3n) is 3.17. The second kappa shape index (κ2) is 5.82. The smallest absolute Gasteiger partial charge is 0.272 e. The van der Waals surface area contributed by atoms with Crippen molar-refractivity contribution < 1.29 is 17.6 Å². The second-order valence-corrected chi connectivity index (χ2v) is 6.73. The molecule has 1 aromatic heterocycles. The Labute approximate surface area is 127 Å². The van der Waals surface area contributed by atoms with Crippen molar-refractivity contribution in [1.29, 1.82) is 0 Å². The van der Waals surface area contributed by atoms with Gasteiger partial charge in [-0.05, 0) is 43.2 Å². The van der Waals surface area contributed by atoms with Gasteiger partial charge in [-0.2, -0.15) is 0 Å². The molecule has 0 saturated heterocycles. The van der Waals surface area contributed by atoms with Gasteiger partial charge >= 0.3 is 0 Å². The van der Waals surface area contributed by atoms with Crippen molar-refractivity contribution in [2.24, 2.45) is 0 Å². The van der Waals surface area contributed by atoms with Crippen LogP contribution in [-0.4, -0.2) is 20.4 Å². The molecule has 2 aromatic rings. The maximum Gasteiger partial charge on any atom is 0.272 e. The molecule has 1 aliphatic rings. The maximum absolute atomic E-state index is 12.0. The molecular formula is C14H15N3O4S. The summed E-state index contributed by atoms with van der Waals surface area (Å²) in [7, 11) is -3.46. The molecule has 3 rings (SSSR count). The Balaban J connectivity index is 1.60. The lowest BCUT2D eigenvalue weighted by atomic mass is 10.3. The van der Waals surface area contributed by atoms with E-state index in [4.69, 9.17) is 4.42 Å². The average molecular weight is 321 g/mol. The molecule has 0 aliphatic heterocycles. The van der Waals surface area contributed by atoms with Crippen LogP contribution in [0.4, 0.5) is 5.69 Å². The number of nitrogens with one attached hydrogen (secondary N) is 3. The van der Waals surface area contributed by atoms with Gasteiger partial charge in [-0.3, -0.25) is 15.6 Å². The van der Waals surface area contributed by atoms with Gasteiger partial charge in [0, 0.05) is 6.04 Å². The Morgan fingerprint density at radius 3 is 2.45 bits per heavy atom. The van der Waals surface area contributed by atoms with Crippen LogP contribution in [-0.2, 0) is 10.0 Å². The molecule has 8 heteroatoms. The van der Waals surface area contributed by atoms with Gasteiger partial charge < -0.3 is 4.42 Å². The Kier molecular flexibility index (Phi) is 3.86. The first kappa shape index (κ1) is 14.6. The standard InChI is InChI=1S/C14H15N3O4S/c18-14(10-7-8-21-9-10)16-15-11-3-5-13(6-4-11)22(19,20)17-12-1-2-12/h3-9,12,15,17H,1-2H2,(H,16,18). The summed E-state index contributed by atoms with van der Waals surface area (Å²) < 4.78 is 31.4. The Morgan fingerprint density at radius 1 is 1.14 bits per heavy atom. The normalized spacial score (nSPS) is 14.5. The number of rotatable bonds is 6. The number of furan rings is 1. The highest BCUT2D eigenvalue weighted by Crippen LogP contribution is 2.22. The van der Waals surface area contributed by atoms with Crippen molar-refractivity contribution in [3.8, 4) is 0 Å². The number of amides is 1. The van der Waals surface area contributed by atoms with E-state index in [0.717, 1.165) is 12.8 Å². The van der Waals surface area contributed by atoms with Crippen LogP contribution >= 0.6 is 0 Å². The highest BCUT2D eigenvalue weighted by Gasteiger charge is 2.27.